The van der Waals surface area contributed by atoms with E-state index in [2.05, 4.69) is 27.7 Å². The van der Waals surface area contributed by atoms with Gasteiger partial charge in [0.15, 0.2) is 34.6 Å². The molecule has 0 unspecified atom stereocenters. The number of phenolic OH excluding ortho intramolecular Hbond substituents is 2. The van der Waals surface area contributed by atoms with Crippen LogP contribution in [0.1, 0.15) is 316 Å². The van der Waals surface area contributed by atoms with Crippen LogP contribution in [0.2, 0.25) is 0 Å². The summed E-state index contributed by atoms with van der Waals surface area (Å²) in [7, 11) is 0. The van der Waals surface area contributed by atoms with Crippen LogP contribution in [0.3, 0.4) is 0 Å². The number of ether oxygens (including phenoxy) is 4. The molecule has 0 spiro atoms. The Morgan fingerprint density at radius 2 is 0.500 bits per heavy atom. The number of rotatable bonds is 48. The van der Waals surface area contributed by atoms with E-state index in [-0.39, 0.29) is 56.8 Å². The Labute approximate surface area is 428 Å². The lowest BCUT2D eigenvalue weighted by Crippen LogP contribution is -2.23. The van der Waals surface area contributed by atoms with Crippen molar-refractivity contribution in [1.29, 1.82) is 0 Å². The standard InChI is InChI=1S/C62H104O8/c1-5-9-13-17-21-25-29-33-37-41-45-67-53-49-51-55(59(65)61(53)69-47-43-39-35-31-27-23-19-15-11-7-3)58(64)52-50-54(68-46-42-38-34-30-26-22-18-14-10-6-2)62(60(66)56(52)57(51)63)70-48-44-40-36-32-28-24-20-16-12-8-4/h49-50,65-66H,5-48H2,1-4H3. The Bertz CT molecular complexity index is 1550. The van der Waals surface area contributed by atoms with Crippen LogP contribution in [-0.2, 0) is 0 Å². The molecule has 0 aliphatic heterocycles. The number of ketones is 2. The Balaban J connectivity index is 1.77. The molecule has 0 aromatic heterocycles. The van der Waals surface area contributed by atoms with Crippen molar-refractivity contribution in [1.82, 2.24) is 0 Å². The highest BCUT2D eigenvalue weighted by Gasteiger charge is 2.39. The SMILES string of the molecule is CCCCCCCCCCCCOc1cc2c(c(O)c1OCCCCCCCCCCCC)C(=O)c1cc(OCCCCCCCCCCCC)c(OCCCCCCCCCCCC)c(O)c1C2=O. The summed E-state index contributed by atoms with van der Waals surface area (Å²) >= 11 is 0. The summed E-state index contributed by atoms with van der Waals surface area (Å²) in [6, 6.07) is 3.09. The predicted molar refractivity (Wildman–Crippen MR) is 292 cm³/mol. The molecule has 0 radical (unpaired) electrons. The number of phenols is 2. The van der Waals surface area contributed by atoms with Gasteiger partial charge in [0.2, 0.25) is 11.5 Å². The second kappa shape index (κ2) is 40.1. The molecule has 0 saturated heterocycles. The lowest BCUT2D eigenvalue weighted by Gasteiger charge is -2.25. The molecule has 2 aromatic rings. The van der Waals surface area contributed by atoms with Crippen LogP contribution < -0.4 is 18.9 Å². The van der Waals surface area contributed by atoms with Crippen LogP contribution in [0.15, 0.2) is 12.1 Å². The second-order valence-electron chi connectivity index (χ2n) is 20.7. The number of benzene rings is 2. The van der Waals surface area contributed by atoms with Crippen LogP contribution >= 0.6 is 0 Å². The number of carbonyl (C=O) groups excluding carboxylic acids is 2. The Morgan fingerprint density at radius 3 is 0.729 bits per heavy atom. The van der Waals surface area contributed by atoms with E-state index in [0.29, 0.717) is 26.4 Å². The molecule has 3 rings (SSSR count). The molecule has 0 heterocycles. The first-order valence-corrected chi connectivity index (χ1v) is 29.8. The van der Waals surface area contributed by atoms with Crippen molar-refractivity contribution < 1.29 is 38.7 Å². The average Bonchev–Trinajstić information content (AvgIpc) is 3.36. The fraction of sp³-hybridized carbons (Fsp3) is 0.774. The summed E-state index contributed by atoms with van der Waals surface area (Å²) in [5, 5.41) is 23.9. The van der Waals surface area contributed by atoms with Gasteiger partial charge in [-0.25, -0.2) is 0 Å². The van der Waals surface area contributed by atoms with E-state index in [1.54, 1.807) is 12.1 Å². The first-order chi connectivity index (χ1) is 34.4. The Hall–Kier alpha value is -3.42. The number of fused-ring (bicyclic) bond motifs is 2. The molecule has 1 aliphatic rings. The molecule has 0 fully saturated rings. The largest absolute Gasteiger partial charge is 0.504 e. The van der Waals surface area contributed by atoms with E-state index < -0.39 is 11.6 Å². The van der Waals surface area contributed by atoms with Crippen molar-refractivity contribution in [3.8, 4) is 34.5 Å². The fourth-order valence-corrected chi connectivity index (χ4v) is 9.90. The van der Waals surface area contributed by atoms with Gasteiger partial charge >= 0.3 is 0 Å². The molecule has 2 N–H and O–H groups in total. The fourth-order valence-electron chi connectivity index (χ4n) is 9.90. The molecule has 70 heavy (non-hydrogen) atoms. The van der Waals surface area contributed by atoms with Gasteiger partial charge in [-0.2, -0.15) is 0 Å². The normalized spacial score (nSPS) is 12.1. The Morgan fingerprint density at radius 1 is 0.300 bits per heavy atom. The lowest BCUT2D eigenvalue weighted by molar-refractivity contribution is 0.0971. The minimum Gasteiger partial charge on any atom is -0.504 e. The van der Waals surface area contributed by atoms with E-state index in [9.17, 15) is 19.8 Å². The van der Waals surface area contributed by atoms with Gasteiger partial charge in [-0.3, -0.25) is 9.59 Å². The molecule has 2 aromatic carbocycles. The van der Waals surface area contributed by atoms with Crippen molar-refractivity contribution in [3.05, 3.63) is 34.4 Å². The number of hydrogen-bond donors (Lipinski definition) is 2. The second-order valence-corrected chi connectivity index (χ2v) is 20.7. The van der Waals surface area contributed by atoms with Gasteiger partial charge in [0.25, 0.3) is 0 Å². The maximum absolute atomic E-state index is 14.6. The van der Waals surface area contributed by atoms with Crippen molar-refractivity contribution >= 4 is 11.6 Å². The minimum absolute atomic E-state index is 0.00524. The maximum atomic E-state index is 14.6. The predicted octanol–water partition coefficient (Wildman–Crippen LogP) is 19.1. The van der Waals surface area contributed by atoms with Gasteiger partial charge in [-0.05, 0) is 37.8 Å². The lowest BCUT2D eigenvalue weighted by atomic mass is 9.82. The maximum Gasteiger partial charge on any atom is 0.204 e. The van der Waals surface area contributed by atoms with Crippen molar-refractivity contribution in [2.45, 2.75) is 285 Å². The molecular formula is C62H104O8. The molecular weight excluding hydrogens is 873 g/mol. The van der Waals surface area contributed by atoms with Crippen molar-refractivity contribution in [3.63, 3.8) is 0 Å². The quantitative estimate of drug-likeness (QED) is 0.0538. The zero-order chi connectivity index (χ0) is 50.3. The van der Waals surface area contributed by atoms with Gasteiger partial charge in [0, 0.05) is 11.1 Å². The van der Waals surface area contributed by atoms with Gasteiger partial charge in [-0.1, -0.05) is 259 Å². The zero-order valence-corrected chi connectivity index (χ0v) is 45.6. The summed E-state index contributed by atoms with van der Waals surface area (Å²) < 4.78 is 25.2. The highest BCUT2D eigenvalue weighted by molar-refractivity contribution is 6.31. The number of carbonyl (C=O) groups is 2. The van der Waals surface area contributed by atoms with E-state index in [1.807, 2.05) is 0 Å². The Kier molecular flexibility index (Phi) is 34.9. The van der Waals surface area contributed by atoms with E-state index >= 15 is 0 Å². The van der Waals surface area contributed by atoms with Gasteiger partial charge in [0.1, 0.15) is 0 Å². The van der Waals surface area contributed by atoms with Crippen LogP contribution in [0.25, 0.3) is 0 Å². The molecule has 0 amide bonds. The van der Waals surface area contributed by atoms with E-state index in [1.165, 1.54) is 180 Å². The van der Waals surface area contributed by atoms with Crippen molar-refractivity contribution in [2.75, 3.05) is 26.4 Å². The van der Waals surface area contributed by atoms with Crippen LogP contribution in [0.4, 0.5) is 0 Å². The monoisotopic (exact) mass is 977 g/mol. The third kappa shape index (κ3) is 23.9. The molecule has 400 valence electrons. The molecule has 0 bridgehead atoms. The third-order valence-corrected chi connectivity index (χ3v) is 14.4. The highest BCUT2D eigenvalue weighted by atomic mass is 16.5. The van der Waals surface area contributed by atoms with Crippen molar-refractivity contribution in [2.24, 2.45) is 0 Å². The summed E-state index contributed by atoms with van der Waals surface area (Å²) in [5.74, 6) is -1.20. The summed E-state index contributed by atoms with van der Waals surface area (Å²) in [5.41, 5.74) is -0.259. The van der Waals surface area contributed by atoms with Gasteiger partial charge in [-0.15, -0.1) is 0 Å². The van der Waals surface area contributed by atoms with Crippen LogP contribution in [0.5, 0.6) is 34.5 Å². The smallest absolute Gasteiger partial charge is 0.204 e. The average molecular weight is 978 g/mol. The number of aromatic hydroxyl groups is 2. The van der Waals surface area contributed by atoms with Gasteiger partial charge in [0.05, 0.1) is 37.6 Å². The van der Waals surface area contributed by atoms with Crippen LogP contribution in [-0.4, -0.2) is 48.2 Å². The molecule has 8 nitrogen and oxygen atoms in total. The zero-order valence-electron chi connectivity index (χ0n) is 45.6. The third-order valence-electron chi connectivity index (χ3n) is 14.4. The summed E-state index contributed by atoms with van der Waals surface area (Å²) in [4.78, 5) is 29.1. The molecule has 1 aliphatic carbocycles. The molecule has 8 heteroatoms. The molecule has 0 saturated carbocycles. The highest BCUT2D eigenvalue weighted by Crippen LogP contribution is 2.50. The summed E-state index contributed by atoms with van der Waals surface area (Å²) in [6.45, 7) is 10.5. The molecule has 0 atom stereocenters. The minimum atomic E-state index is -0.563. The van der Waals surface area contributed by atoms with Crippen LogP contribution in [0, 0.1) is 0 Å². The number of unbranched alkanes of at least 4 members (excludes halogenated alkanes) is 36. The van der Waals surface area contributed by atoms with Gasteiger partial charge < -0.3 is 29.2 Å². The van der Waals surface area contributed by atoms with E-state index in [0.717, 1.165) is 77.0 Å². The summed E-state index contributed by atoms with van der Waals surface area (Å²) in [6.07, 6.45) is 47.6. The topological polar surface area (TPSA) is 112 Å². The van der Waals surface area contributed by atoms with E-state index in [4.69, 9.17) is 18.9 Å². The first-order valence-electron chi connectivity index (χ1n) is 29.8. The number of hydrogen-bond acceptors (Lipinski definition) is 8. The first kappa shape index (κ1) is 60.9.